The Bertz CT molecular complexity index is 1180. The molecule has 1 unspecified atom stereocenters. The number of rotatable bonds is 4. The number of aromatic nitrogens is 4. The zero-order chi connectivity index (χ0) is 21.8. The molecule has 0 saturated heterocycles. The number of hydrogen-bond donors (Lipinski definition) is 2. The van der Waals surface area contributed by atoms with Crippen molar-refractivity contribution in [2.75, 3.05) is 6.54 Å². The Balaban J connectivity index is 0.000000806. The molecule has 2 N–H and O–H groups in total. The van der Waals surface area contributed by atoms with E-state index in [1.807, 2.05) is 24.5 Å². The van der Waals surface area contributed by atoms with Gasteiger partial charge in [0.15, 0.2) is 11.5 Å². The predicted octanol–water partition coefficient (Wildman–Crippen LogP) is 1.40. The van der Waals surface area contributed by atoms with Crippen molar-refractivity contribution < 1.29 is 9.59 Å². The Labute approximate surface area is 172 Å². The van der Waals surface area contributed by atoms with E-state index >= 15 is 0 Å². The monoisotopic (exact) mass is 411 g/mol. The van der Waals surface area contributed by atoms with Crippen molar-refractivity contribution in [3.05, 3.63) is 44.1 Å². The van der Waals surface area contributed by atoms with Crippen molar-refractivity contribution in [1.29, 1.82) is 0 Å². The molecule has 0 amide bonds. The maximum absolute atomic E-state index is 12.3. The van der Waals surface area contributed by atoms with Gasteiger partial charge in [-0.25, -0.2) is 9.78 Å². The first-order chi connectivity index (χ1) is 14.3. The summed E-state index contributed by atoms with van der Waals surface area (Å²) in [7, 11) is 0. The molecule has 0 spiro atoms. The molecule has 2 aliphatic heterocycles. The van der Waals surface area contributed by atoms with Gasteiger partial charge in [-0.1, -0.05) is 6.92 Å². The fraction of sp³-hybridized carbons (Fsp3) is 0.476. The Morgan fingerprint density at radius 3 is 2.53 bits per heavy atom. The number of carbonyl (C=O) groups excluding carboxylic acids is 2. The third kappa shape index (κ3) is 4.53. The van der Waals surface area contributed by atoms with Crippen molar-refractivity contribution in [1.82, 2.24) is 24.8 Å². The number of fused-ring (bicyclic) bond motifs is 2. The summed E-state index contributed by atoms with van der Waals surface area (Å²) in [5.74, 6) is 1.12. The molecule has 158 valence electrons. The van der Waals surface area contributed by atoms with Crippen LogP contribution in [0.3, 0.4) is 0 Å². The highest BCUT2D eigenvalue weighted by molar-refractivity contribution is 5.81. The topological polar surface area (TPSA) is 127 Å². The molecule has 1 aromatic rings. The van der Waals surface area contributed by atoms with Gasteiger partial charge < -0.3 is 9.88 Å². The van der Waals surface area contributed by atoms with Gasteiger partial charge in [-0.15, -0.1) is 0 Å². The number of aryl methyl sites for hydroxylation is 2. The van der Waals surface area contributed by atoms with Crippen LogP contribution in [0.2, 0.25) is 0 Å². The van der Waals surface area contributed by atoms with E-state index in [-0.39, 0.29) is 11.8 Å². The largest absolute Gasteiger partial charge is 0.373 e. The molecule has 30 heavy (non-hydrogen) atoms. The van der Waals surface area contributed by atoms with Crippen LogP contribution in [0.4, 0.5) is 0 Å². The Hall–Kier alpha value is -3.16. The summed E-state index contributed by atoms with van der Waals surface area (Å²) in [6, 6.07) is 4.58. The van der Waals surface area contributed by atoms with E-state index in [0.29, 0.717) is 18.4 Å². The van der Waals surface area contributed by atoms with Crippen molar-refractivity contribution in [2.24, 2.45) is 5.92 Å². The lowest BCUT2D eigenvalue weighted by molar-refractivity contribution is -0.191. The molecule has 9 nitrogen and oxygen atoms in total. The van der Waals surface area contributed by atoms with E-state index in [2.05, 4.69) is 33.3 Å². The van der Waals surface area contributed by atoms with Gasteiger partial charge >= 0.3 is 11.8 Å². The lowest BCUT2D eigenvalue weighted by Gasteiger charge is -2.19. The molecule has 2 atom stereocenters. The number of aromatic amines is 1. The molecule has 1 fully saturated rings. The molecular formula is C21H25N5O4. The van der Waals surface area contributed by atoms with Crippen LogP contribution in [-0.4, -0.2) is 38.3 Å². The molecule has 9 heteroatoms. The number of benzene rings is 1. The minimum atomic E-state index is -0.635. The van der Waals surface area contributed by atoms with E-state index in [4.69, 9.17) is 9.59 Å². The van der Waals surface area contributed by atoms with Gasteiger partial charge in [0.2, 0.25) is 0 Å². The summed E-state index contributed by atoms with van der Waals surface area (Å²) >= 11 is 0. The van der Waals surface area contributed by atoms with Crippen molar-refractivity contribution in [3.63, 3.8) is 0 Å². The first kappa shape index (κ1) is 21.5. The number of nitrogens with zero attached hydrogens (tertiary/aromatic N) is 3. The quantitative estimate of drug-likeness (QED) is 0.621. The van der Waals surface area contributed by atoms with Gasteiger partial charge in [-0.05, 0) is 62.3 Å². The average Bonchev–Trinajstić information content (AvgIpc) is 3.09. The van der Waals surface area contributed by atoms with Gasteiger partial charge in [0.05, 0.1) is 11.0 Å². The first-order valence-electron chi connectivity index (χ1n) is 9.98. The van der Waals surface area contributed by atoms with Crippen LogP contribution >= 0.6 is 0 Å². The van der Waals surface area contributed by atoms with Gasteiger partial charge in [0, 0.05) is 19.1 Å². The molecule has 4 rings (SSSR count). The summed E-state index contributed by atoms with van der Waals surface area (Å²) in [6.45, 7) is 7.74. The normalized spacial score (nSPS) is 18.2. The van der Waals surface area contributed by atoms with Gasteiger partial charge in [0.1, 0.15) is 0 Å². The zero-order valence-corrected chi connectivity index (χ0v) is 17.3. The van der Waals surface area contributed by atoms with E-state index < -0.39 is 11.2 Å². The molecule has 1 aliphatic carbocycles. The van der Waals surface area contributed by atoms with Crippen molar-refractivity contribution >= 4 is 17.2 Å². The third-order valence-electron chi connectivity index (χ3n) is 5.69. The van der Waals surface area contributed by atoms with Crippen molar-refractivity contribution in [2.45, 2.75) is 52.6 Å². The van der Waals surface area contributed by atoms with Crippen LogP contribution in [0.15, 0.2) is 21.7 Å². The van der Waals surface area contributed by atoms with Gasteiger partial charge in [0.25, 0.3) is 5.56 Å². The Kier molecular flexibility index (Phi) is 6.54. The molecular weight excluding hydrogens is 386 g/mol. The standard InChI is InChI=1S/C20H25N5O2.CO2/c1-11-4-5-14(8-11)21-6-7-25-16-10-13(3)12(2)9-15(16)22-17-18(25)23-20(27)24-19(17)26;2-1-3/h9-11,14,21H,4-8H2,1-3H3,(H,24,26,27);/t11-,14?;/m1./s1. The second kappa shape index (κ2) is 9.11. The fourth-order valence-corrected chi connectivity index (χ4v) is 4.05. The maximum Gasteiger partial charge on any atom is 0.373 e. The van der Waals surface area contributed by atoms with Gasteiger partial charge in [-0.2, -0.15) is 14.6 Å². The van der Waals surface area contributed by atoms with Crippen LogP contribution in [-0.2, 0) is 16.1 Å². The maximum atomic E-state index is 12.3. The molecule has 0 bridgehead atoms. The lowest BCUT2D eigenvalue weighted by atomic mass is 10.1. The zero-order valence-electron chi connectivity index (χ0n) is 17.3. The number of H-pyrrole nitrogens is 1. The van der Waals surface area contributed by atoms with Crippen molar-refractivity contribution in [3.8, 4) is 11.5 Å². The van der Waals surface area contributed by atoms with E-state index in [1.54, 1.807) is 0 Å². The van der Waals surface area contributed by atoms with E-state index in [1.165, 1.54) is 19.3 Å². The second-order valence-corrected chi connectivity index (χ2v) is 7.88. The summed E-state index contributed by atoms with van der Waals surface area (Å²) < 4.78 is 1.95. The average molecular weight is 411 g/mol. The highest BCUT2D eigenvalue weighted by Gasteiger charge is 2.22. The highest BCUT2D eigenvalue weighted by Crippen LogP contribution is 2.25. The predicted molar refractivity (Wildman–Crippen MR) is 110 cm³/mol. The summed E-state index contributed by atoms with van der Waals surface area (Å²) in [6.07, 6.45) is 3.91. The van der Waals surface area contributed by atoms with E-state index in [9.17, 15) is 9.59 Å². The lowest BCUT2D eigenvalue weighted by Crippen LogP contribution is -2.32. The number of nitrogens with one attached hydrogen (secondary N) is 2. The summed E-state index contributed by atoms with van der Waals surface area (Å²) in [4.78, 5) is 51.1. The van der Waals surface area contributed by atoms with Crippen LogP contribution in [0.25, 0.3) is 22.6 Å². The van der Waals surface area contributed by atoms with Crippen LogP contribution in [0, 0.1) is 19.8 Å². The number of hydrogen-bond acceptors (Lipinski definition) is 7. The summed E-state index contributed by atoms with van der Waals surface area (Å²) in [5, 5.41) is 3.61. The molecule has 0 aromatic heterocycles. The van der Waals surface area contributed by atoms with Crippen LogP contribution in [0.1, 0.15) is 37.3 Å². The minimum absolute atomic E-state index is 0.208. The van der Waals surface area contributed by atoms with Crippen LogP contribution < -0.4 is 16.6 Å². The Morgan fingerprint density at radius 1 is 1.17 bits per heavy atom. The van der Waals surface area contributed by atoms with Gasteiger partial charge in [-0.3, -0.25) is 9.78 Å². The third-order valence-corrected chi connectivity index (χ3v) is 5.69. The smallest absolute Gasteiger partial charge is 0.321 e. The molecule has 3 aliphatic rings. The van der Waals surface area contributed by atoms with E-state index in [0.717, 1.165) is 34.6 Å². The molecule has 0 radical (unpaired) electrons. The highest BCUT2D eigenvalue weighted by atomic mass is 16.2. The Morgan fingerprint density at radius 2 is 1.87 bits per heavy atom. The minimum Gasteiger partial charge on any atom is -0.321 e. The first-order valence-corrected chi connectivity index (χ1v) is 9.98. The van der Waals surface area contributed by atoms with Crippen LogP contribution in [0.5, 0.6) is 0 Å². The fourth-order valence-electron chi connectivity index (χ4n) is 4.05. The summed E-state index contributed by atoms with van der Waals surface area (Å²) in [5.41, 5.74) is 2.97. The molecule has 1 aromatic carbocycles. The SMILES string of the molecule is Cc1cc2nc3c(=O)[nH]c(=O)nc-3n(CCNC3CC[C@@H](C)C3)c2cc1C.O=C=O. The molecule has 2 heterocycles. The molecule has 1 saturated carbocycles. The second-order valence-electron chi connectivity index (χ2n) is 7.88.